The van der Waals surface area contributed by atoms with Crippen molar-refractivity contribution in [1.82, 2.24) is 9.97 Å². The molecule has 2 heterocycles. The molecule has 0 spiro atoms. The van der Waals surface area contributed by atoms with Crippen LogP contribution in [0.4, 0.5) is 8.78 Å². The first-order valence-corrected chi connectivity index (χ1v) is 5.52. The first kappa shape index (κ1) is 10.8. The number of hydrogen-bond donors (Lipinski definition) is 2. The zero-order valence-corrected chi connectivity index (χ0v) is 9.37. The van der Waals surface area contributed by atoms with Gasteiger partial charge in [-0.1, -0.05) is 0 Å². The van der Waals surface area contributed by atoms with Crippen LogP contribution in [-0.4, -0.2) is 9.97 Å². The van der Waals surface area contributed by atoms with Gasteiger partial charge in [0.15, 0.2) is 0 Å². The molecule has 0 aliphatic carbocycles. The largest absolute Gasteiger partial charge is 0.361 e. The van der Waals surface area contributed by atoms with Crippen molar-refractivity contribution in [1.29, 1.82) is 0 Å². The van der Waals surface area contributed by atoms with Crippen LogP contribution in [0.2, 0.25) is 0 Å². The first-order valence-electron chi connectivity index (χ1n) is 5.52. The lowest BCUT2D eigenvalue weighted by atomic mass is 10.1. The highest BCUT2D eigenvalue weighted by atomic mass is 19.1. The summed E-state index contributed by atoms with van der Waals surface area (Å²) >= 11 is 0. The lowest BCUT2D eigenvalue weighted by Gasteiger charge is -2.06. The molecule has 3 rings (SSSR count). The Kier molecular flexibility index (Phi) is 2.48. The van der Waals surface area contributed by atoms with E-state index in [1.54, 1.807) is 36.7 Å². The van der Waals surface area contributed by atoms with Crippen LogP contribution in [0, 0.1) is 11.6 Å². The van der Waals surface area contributed by atoms with Crippen molar-refractivity contribution < 1.29 is 8.78 Å². The van der Waals surface area contributed by atoms with Gasteiger partial charge in [-0.2, -0.15) is 0 Å². The molecule has 90 valence electrons. The molecule has 2 aromatic heterocycles. The van der Waals surface area contributed by atoms with Gasteiger partial charge < -0.3 is 9.97 Å². The molecular weight excluding hydrogens is 234 g/mol. The van der Waals surface area contributed by atoms with Crippen molar-refractivity contribution >= 4 is 0 Å². The van der Waals surface area contributed by atoms with E-state index in [9.17, 15) is 8.78 Å². The highest BCUT2D eigenvalue weighted by molar-refractivity contribution is 5.68. The second-order valence-electron chi connectivity index (χ2n) is 3.98. The number of H-pyrrole nitrogens is 2. The number of halogens is 2. The number of aromatic amines is 2. The summed E-state index contributed by atoms with van der Waals surface area (Å²) < 4.78 is 28.0. The molecule has 1 aromatic carbocycles. The van der Waals surface area contributed by atoms with Gasteiger partial charge in [0.2, 0.25) is 0 Å². The van der Waals surface area contributed by atoms with Gasteiger partial charge in [0.05, 0.1) is 0 Å². The van der Waals surface area contributed by atoms with Crippen LogP contribution in [0.25, 0.3) is 22.5 Å². The monoisotopic (exact) mass is 244 g/mol. The van der Waals surface area contributed by atoms with Crippen LogP contribution in [0.1, 0.15) is 0 Å². The molecule has 4 heteroatoms. The van der Waals surface area contributed by atoms with E-state index in [0.29, 0.717) is 11.4 Å². The Bertz CT molecular complexity index is 595. The quantitative estimate of drug-likeness (QED) is 0.684. The summed E-state index contributed by atoms with van der Waals surface area (Å²) in [5, 5.41) is 0. The maximum absolute atomic E-state index is 14.0. The van der Waals surface area contributed by atoms with E-state index in [0.717, 1.165) is 0 Å². The zero-order valence-electron chi connectivity index (χ0n) is 9.37. The van der Waals surface area contributed by atoms with Gasteiger partial charge in [-0.15, -0.1) is 0 Å². The molecule has 0 saturated carbocycles. The molecule has 0 bridgehead atoms. The Hall–Kier alpha value is -2.36. The fourth-order valence-electron chi connectivity index (χ4n) is 1.96. The highest BCUT2D eigenvalue weighted by Crippen LogP contribution is 2.29. The summed E-state index contributed by atoms with van der Waals surface area (Å²) in [5.41, 5.74) is 1.58. The fourth-order valence-corrected chi connectivity index (χ4v) is 1.96. The summed E-state index contributed by atoms with van der Waals surface area (Å²) in [6.45, 7) is 0. The smallest absolute Gasteiger partial charge is 0.133 e. The van der Waals surface area contributed by atoms with Gasteiger partial charge >= 0.3 is 0 Å². The van der Waals surface area contributed by atoms with Crippen LogP contribution < -0.4 is 0 Å². The summed E-state index contributed by atoms with van der Waals surface area (Å²) in [5.74, 6) is -0.910. The van der Waals surface area contributed by atoms with E-state index >= 15 is 0 Å². The maximum Gasteiger partial charge on any atom is 0.133 e. The molecule has 0 aliphatic heterocycles. The third-order valence-corrected chi connectivity index (χ3v) is 2.83. The van der Waals surface area contributed by atoms with Crippen molar-refractivity contribution in [2.24, 2.45) is 0 Å². The minimum atomic E-state index is -0.455. The van der Waals surface area contributed by atoms with Crippen LogP contribution in [0.5, 0.6) is 0 Å². The van der Waals surface area contributed by atoms with Crippen LogP contribution >= 0.6 is 0 Å². The molecule has 0 fully saturated rings. The van der Waals surface area contributed by atoms with Crippen molar-refractivity contribution in [2.75, 3.05) is 0 Å². The zero-order chi connectivity index (χ0) is 12.5. The molecular formula is C14H10F2N2. The predicted octanol–water partition coefficient (Wildman–Crippen LogP) is 3.96. The predicted molar refractivity (Wildman–Crippen MR) is 65.9 cm³/mol. The Morgan fingerprint density at radius 2 is 1.17 bits per heavy atom. The van der Waals surface area contributed by atoms with Gasteiger partial charge in [-0.3, -0.25) is 0 Å². The lowest BCUT2D eigenvalue weighted by molar-refractivity contribution is 0.605. The topological polar surface area (TPSA) is 31.6 Å². The van der Waals surface area contributed by atoms with Crippen molar-refractivity contribution in [3.05, 3.63) is 60.4 Å². The maximum atomic E-state index is 14.0. The second kappa shape index (κ2) is 4.14. The molecule has 18 heavy (non-hydrogen) atoms. The Morgan fingerprint density at radius 3 is 1.50 bits per heavy atom. The average molecular weight is 244 g/mol. The van der Waals surface area contributed by atoms with Gasteiger partial charge in [-0.05, 0) is 36.4 Å². The number of benzene rings is 1. The van der Waals surface area contributed by atoms with E-state index in [1.807, 2.05) is 0 Å². The molecule has 3 aromatic rings. The van der Waals surface area contributed by atoms with E-state index in [1.165, 1.54) is 12.1 Å². The third-order valence-electron chi connectivity index (χ3n) is 2.83. The Balaban J connectivity index is 2.15. The molecule has 0 amide bonds. The minimum absolute atomic E-state index is 0.229. The molecule has 0 atom stereocenters. The SMILES string of the molecule is Fc1cc(-c2ccc[nH]2)c(F)cc1-c1ccc[nH]1. The lowest BCUT2D eigenvalue weighted by Crippen LogP contribution is -1.91. The van der Waals surface area contributed by atoms with Gasteiger partial charge in [-0.25, -0.2) is 8.78 Å². The van der Waals surface area contributed by atoms with Crippen LogP contribution in [0.15, 0.2) is 48.8 Å². The second-order valence-corrected chi connectivity index (χ2v) is 3.98. The average Bonchev–Trinajstić information content (AvgIpc) is 3.02. The molecule has 0 unspecified atom stereocenters. The van der Waals surface area contributed by atoms with E-state index < -0.39 is 11.6 Å². The fraction of sp³-hybridized carbons (Fsp3) is 0. The first-order chi connectivity index (χ1) is 8.75. The Labute approximate surface area is 102 Å². The highest BCUT2D eigenvalue weighted by Gasteiger charge is 2.13. The number of rotatable bonds is 2. The summed E-state index contributed by atoms with van der Waals surface area (Å²) in [4.78, 5) is 5.72. The van der Waals surface area contributed by atoms with Crippen molar-refractivity contribution in [2.45, 2.75) is 0 Å². The van der Waals surface area contributed by atoms with E-state index in [4.69, 9.17) is 0 Å². The number of nitrogens with one attached hydrogen (secondary N) is 2. The van der Waals surface area contributed by atoms with Gasteiger partial charge in [0.25, 0.3) is 0 Å². The molecule has 2 nitrogen and oxygen atoms in total. The molecule has 0 saturated heterocycles. The van der Waals surface area contributed by atoms with Gasteiger partial charge in [0, 0.05) is 34.9 Å². The molecule has 0 radical (unpaired) electrons. The molecule has 2 N–H and O–H groups in total. The summed E-state index contributed by atoms with van der Waals surface area (Å²) in [6.07, 6.45) is 3.34. The van der Waals surface area contributed by atoms with Crippen LogP contribution in [-0.2, 0) is 0 Å². The van der Waals surface area contributed by atoms with E-state index in [-0.39, 0.29) is 11.1 Å². The van der Waals surface area contributed by atoms with E-state index in [2.05, 4.69) is 9.97 Å². The van der Waals surface area contributed by atoms with Crippen LogP contribution in [0.3, 0.4) is 0 Å². The standard InChI is InChI=1S/C14H10F2N2/c15-11-8-10(14-4-2-6-18-14)12(16)7-9(11)13-3-1-5-17-13/h1-8,17-18H. The Morgan fingerprint density at radius 1 is 0.722 bits per heavy atom. The summed E-state index contributed by atoms with van der Waals surface area (Å²) in [7, 11) is 0. The van der Waals surface area contributed by atoms with Crippen molar-refractivity contribution in [3.63, 3.8) is 0 Å². The molecule has 0 aliphatic rings. The third kappa shape index (κ3) is 1.72. The number of aromatic nitrogens is 2. The minimum Gasteiger partial charge on any atom is -0.361 e. The van der Waals surface area contributed by atoms with Crippen molar-refractivity contribution in [3.8, 4) is 22.5 Å². The normalized spacial score (nSPS) is 10.8. The van der Waals surface area contributed by atoms with Gasteiger partial charge in [0.1, 0.15) is 11.6 Å². The number of hydrogen-bond acceptors (Lipinski definition) is 0. The summed E-state index contributed by atoms with van der Waals surface area (Å²) in [6, 6.07) is 9.30.